The minimum atomic E-state index is 0. The molecule has 3 nitrogen and oxygen atoms in total. The van der Waals surface area contributed by atoms with Gasteiger partial charge in [0.25, 0.3) is 0 Å². The predicted molar refractivity (Wildman–Crippen MR) is 68.2 cm³/mol. The number of fused-ring (bicyclic) bond motifs is 1. The molecule has 0 aliphatic rings. The van der Waals surface area contributed by atoms with Crippen molar-refractivity contribution in [3.63, 3.8) is 0 Å². The maximum Gasteiger partial charge on any atom is 0.0696 e. The third-order valence-electron chi connectivity index (χ3n) is 2.71. The minimum Gasteiger partial charge on any atom is -0.344 e. The van der Waals surface area contributed by atoms with E-state index in [0.29, 0.717) is 0 Å². The van der Waals surface area contributed by atoms with Gasteiger partial charge in [0, 0.05) is 11.8 Å². The molecule has 0 unspecified atom stereocenters. The molecule has 2 heterocycles. The quantitative estimate of drug-likeness (QED) is 0.856. The molecule has 0 atom stereocenters. The average molecular weight is 219 g/mol. The van der Waals surface area contributed by atoms with Gasteiger partial charge in [-0.3, -0.25) is 0 Å². The van der Waals surface area contributed by atoms with Crippen LogP contribution in [0.3, 0.4) is 0 Å². The number of rotatable bonds is 4. The van der Waals surface area contributed by atoms with Crippen LogP contribution in [0.5, 0.6) is 0 Å². The van der Waals surface area contributed by atoms with Crippen molar-refractivity contribution in [1.82, 2.24) is 15.8 Å². The van der Waals surface area contributed by atoms with Crippen molar-refractivity contribution in [2.45, 2.75) is 39.5 Å². The van der Waals surface area contributed by atoms with Crippen LogP contribution in [0.25, 0.3) is 5.52 Å². The summed E-state index contributed by atoms with van der Waals surface area (Å²) < 4.78 is 2.01. The summed E-state index contributed by atoms with van der Waals surface area (Å²) in [6.45, 7) is 4.43. The van der Waals surface area contributed by atoms with E-state index in [-0.39, 0.29) is 6.15 Å². The highest BCUT2D eigenvalue weighted by Gasteiger charge is 2.09. The largest absolute Gasteiger partial charge is 0.344 e. The second-order valence-corrected chi connectivity index (χ2v) is 3.96. The van der Waals surface area contributed by atoms with Gasteiger partial charge in [-0.2, -0.15) is 5.10 Å². The molecule has 0 radical (unpaired) electrons. The number of hydrogen-bond acceptors (Lipinski definition) is 2. The van der Waals surface area contributed by atoms with Crippen LogP contribution in [0.15, 0.2) is 24.4 Å². The lowest BCUT2D eigenvalue weighted by atomic mass is 10.1. The molecule has 3 heteroatoms. The van der Waals surface area contributed by atoms with Crippen LogP contribution >= 0.6 is 0 Å². The Hall–Kier alpha value is -1.35. The zero-order valence-electron chi connectivity index (χ0n) is 10.2. The van der Waals surface area contributed by atoms with Crippen molar-refractivity contribution in [1.29, 1.82) is 0 Å². The molecule has 88 valence electrons. The van der Waals surface area contributed by atoms with Gasteiger partial charge in [0.2, 0.25) is 0 Å². The number of aromatic nitrogens is 2. The van der Waals surface area contributed by atoms with Crippen molar-refractivity contribution in [3.8, 4) is 0 Å². The average Bonchev–Trinajstić information content (AvgIpc) is 2.59. The van der Waals surface area contributed by atoms with E-state index in [2.05, 4.69) is 31.1 Å². The van der Waals surface area contributed by atoms with E-state index in [1.807, 2.05) is 16.8 Å². The first kappa shape index (κ1) is 12.7. The van der Waals surface area contributed by atoms with Crippen LogP contribution in [0.2, 0.25) is 0 Å². The molecule has 0 aliphatic heterocycles. The van der Waals surface area contributed by atoms with Crippen LogP contribution in [0.1, 0.15) is 37.9 Å². The molecule has 2 rings (SSSR count). The topological polar surface area (TPSA) is 52.3 Å². The summed E-state index contributed by atoms with van der Waals surface area (Å²) in [6.07, 6.45) is 6.63. The Kier molecular flexibility index (Phi) is 4.50. The van der Waals surface area contributed by atoms with Crippen LogP contribution in [-0.4, -0.2) is 9.61 Å². The monoisotopic (exact) mass is 219 g/mol. The zero-order valence-corrected chi connectivity index (χ0v) is 10.2. The summed E-state index contributed by atoms with van der Waals surface area (Å²) in [5.74, 6) is 0. The fraction of sp³-hybridized carbons (Fsp3) is 0.462. The summed E-state index contributed by atoms with van der Waals surface area (Å²) in [5.41, 5.74) is 4.01. The maximum absolute atomic E-state index is 4.64. The molecule has 0 saturated carbocycles. The molecule has 3 N–H and O–H groups in total. The van der Waals surface area contributed by atoms with Crippen molar-refractivity contribution >= 4 is 5.52 Å². The van der Waals surface area contributed by atoms with E-state index in [0.717, 1.165) is 12.8 Å². The summed E-state index contributed by atoms with van der Waals surface area (Å²) in [4.78, 5) is 0. The highest BCUT2D eigenvalue weighted by molar-refractivity contribution is 5.56. The third kappa shape index (κ3) is 2.25. The van der Waals surface area contributed by atoms with Gasteiger partial charge in [0.15, 0.2) is 0 Å². The smallest absolute Gasteiger partial charge is 0.0696 e. The summed E-state index contributed by atoms with van der Waals surface area (Å²) in [5, 5.41) is 4.64. The number of aryl methyl sites for hydroxylation is 2. The van der Waals surface area contributed by atoms with Gasteiger partial charge >= 0.3 is 0 Å². The third-order valence-corrected chi connectivity index (χ3v) is 2.71. The maximum atomic E-state index is 4.64. The first-order valence-corrected chi connectivity index (χ1v) is 5.82. The highest BCUT2D eigenvalue weighted by Crippen LogP contribution is 2.18. The normalized spacial score (nSPS) is 10.4. The van der Waals surface area contributed by atoms with E-state index in [1.165, 1.54) is 29.6 Å². The second kappa shape index (κ2) is 5.66. The Morgan fingerprint density at radius 3 is 2.56 bits per heavy atom. The molecular weight excluding hydrogens is 198 g/mol. The van der Waals surface area contributed by atoms with E-state index in [1.54, 1.807) is 0 Å². The van der Waals surface area contributed by atoms with Gasteiger partial charge < -0.3 is 6.15 Å². The number of pyridine rings is 1. The molecular formula is C13H21N3. The summed E-state index contributed by atoms with van der Waals surface area (Å²) in [6, 6.07) is 6.29. The van der Waals surface area contributed by atoms with Gasteiger partial charge in [0.1, 0.15) is 0 Å². The lowest BCUT2D eigenvalue weighted by molar-refractivity contribution is 0.818. The molecule has 0 bridgehead atoms. The lowest BCUT2D eigenvalue weighted by Gasteiger charge is -1.98. The standard InChI is InChI=1S/C13H18N2.H3N/c1-3-7-11-12(8-4-2)14-15-10-6-5-9-13(11)15;/h5-6,9-10H,3-4,7-8H2,1-2H3;1H3. The van der Waals surface area contributed by atoms with Crippen molar-refractivity contribution in [3.05, 3.63) is 35.7 Å². The molecule has 0 aliphatic carbocycles. The van der Waals surface area contributed by atoms with Crippen molar-refractivity contribution in [2.24, 2.45) is 0 Å². The van der Waals surface area contributed by atoms with Crippen LogP contribution in [0, 0.1) is 0 Å². The number of hydrogen-bond donors (Lipinski definition) is 1. The zero-order chi connectivity index (χ0) is 10.7. The lowest BCUT2D eigenvalue weighted by Crippen LogP contribution is -1.91. The highest BCUT2D eigenvalue weighted by atomic mass is 15.2. The minimum absolute atomic E-state index is 0. The molecule has 2 aromatic rings. The number of nitrogens with zero attached hydrogens (tertiary/aromatic N) is 2. The molecule has 16 heavy (non-hydrogen) atoms. The van der Waals surface area contributed by atoms with E-state index >= 15 is 0 Å². The van der Waals surface area contributed by atoms with E-state index < -0.39 is 0 Å². The molecule has 0 amide bonds. The van der Waals surface area contributed by atoms with Gasteiger partial charge in [-0.05, 0) is 25.0 Å². The van der Waals surface area contributed by atoms with Gasteiger partial charge in [-0.15, -0.1) is 0 Å². The van der Waals surface area contributed by atoms with Gasteiger partial charge in [-0.1, -0.05) is 32.8 Å². The molecule has 0 aromatic carbocycles. The van der Waals surface area contributed by atoms with Gasteiger partial charge in [0.05, 0.1) is 11.2 Å². The summed E-state index contributed by atoms with van der Waals surface area (Å²) >= 11 is 0. The second-order valence-electron chi connectivity index (χ2n) is 3.96. The Labute approximate surface area is 97.1 Å². The van der Waals surface area contributed by atoms with Crippen molar-refractivity contribution < 1.29 is 0 Å². The predicted octanol–water partition coefficient (Wildman–Crippen LogP) is 3.40. The Bertz CT molecular complexity index is 445. The van der Waals surface area contributed by atoms with Crippen LogP contribution < -0.4 is 6.15 Å². The summed E-state index contributed by atoms with van der Waals surface area (Å²) in [7, 11) is 0. The Balaban J connectivity index is 0.00000128. The van der Waals surface area contributed by atoms with Crippen molar-refractivity contribution in [2.75, 3.05) is 0 Å². The van der Waals surface area contributed by atoms with E-state index in [4.69, 9.17) is 0 Å². The molecule has 0 fully saturated rings. The van der Waals surface area contributed by atoms with Crippen LogP contribution in [-0.2, 0) is 12.8 Å². The molecule has 0 spiro atoms. The fourth-order valence-corrected chi connectivity index (χ4v) is 2.06. The first-order chi connectivity index (χ1) is 7.36. The van der Waals surface area contributed by atoms with Crippen LogP contribution in [0.4, 0.5) is 0 Å². The molecule has 2 aromatic heterocycles. The SMILES string of the molecule is CCCc1nn2ccccc2c1CCC.N. The Morgan fingerprint density at radius 2 is 1.88 bits per heavy atom. The fourth-order valence-electron chi connectivity index (χ4n) is 2.06. The van der Waals surface area contributed by atoms with Gasteiger partial charge in [-0.25, -0.2) is 4.52 Å². The molecule has 0 saturated heterocycles. The first-order valence-electron chi connectivity index (χ1n) is 5.82. The Morgan fingerprint density at radius 1 is 1.12 bits per heavy atom. The van der Waals surface area contributed by atoms with E-state index in [9.17, 15) is 0 Å².